The molecule has 0 saturated carbocycles. The Labute approximate surface area is 177 Å². The zero-order chi connectivity index (χ0) is 17.4. The summed E-state index contributed by atoms with van der Waals surface area (Å²) in [5.41, 5.74) is 1.32. The highest BCUT2D eigenvalue weighted by Crippen LogP contribution is 2.24. The van der Waals surface area contributed by atoms with Crippen LogP contribution in [0.5, 0.6) is 0 Å². The van der Waals surface area contributed by atoms with Crippen LogP contribution in [0.2, 0.25) is 0 Å². The third-order valence-electron chi connectivity index (χ3n) is 4.35. The quantitative estimate of drug-likeness (QED) is 0.341. The third kappa shape index (κ3) is 7.80. The lowest BCUT2D eigenvalue weighted by molar-refractivity contribution is 0.0389. The van der Waals surface area contributed by atoms with Crippen LogP contribution in [0.15, 0.2) is 33.7 Å². The van der Waals surface area contributed by atoms with Gasteiger partial charge in [-0.15, -0.1) is 24.0 Å². The maximum Gasteiger partial charge on any atom is 0.191 e. The van der Waals surface area contributed by atoms with E-state index in [1.54, 1.807) is 0 Å². The minimum absolute atomic E-state index is 0. The van der Waals surface area contributed by atoms with Crippen molar-refractivity contribution in [1.82, 2.24) is 15.5 Å². The number of morpholine rings is 1. The molecule has 0 radical (unpaired) electrons. The lowest BCUT2D eigenvalue weighted by atomic mass is 9.85. The van der Waals surface area contributed by atoms with Crippen LogP contribution in [0.4, 0.5) is 0 Å². The Morgan fingerprint density at radius 2 is 2.00 bits per heavy atom. The molecule has 1 aliphatic rings. The molecule has 1 heterocycles. The summed E-state index contributed by atoms with van der Waals surface area (Å²) < 4.78 is 6.49. The van der Waals surface area contributed by atoms with Gasteiger partial charge < -0.3 is 15.4 Å². The van der Waals surface area contributed by atoms with E-state index in [9.17, 15) is 0 Å². The molecule has 0 atom stereocenters. The number of hydrogen-bond acceptors (Lipinski definition) is 3. The van der Waals surface area contributed by atoms with Gasteiger partial charge in [0.25, 0.3) is 0 Å². The van der Waals surface area contributed by atoms with Crippen molar-refractivity contribution in [1.29, 1.82) is 0 Å². The van der Waals surface area contributed by atoms with E-state index >= 15 is 0 Å². The van der Waals surface area contributed by atoms with Gasteiger partial charge in [0.15, 0.2) is 5.96 Å². The van der Waals surface area contributed by atoms with Gasteiger partial charge in [-0.05, 0) is 17.7 Å². The molecule has 1 aromatic carbocycles. The molecule has 0 aromatic heterocycles. The van der Waals surface area contributed by atoms with Crippen molar-refractivity contribution < 1.29 is 4.74 Å². The SMILES string of the molecule is CN=C(NCCN1CCOCC1)NCC(C)(C)c1cccc(Br)c1.I. The Hall–Kier alpha value is -0.380. The van der Waals surface area contributed by atoms with E-state index in [-0.39, 0.29) is 29.4 Å². The lowest BCUT2D eigenvalue weighted by Gasteiger charge is -2.28. The second-order valence-corrected chi connectivity index (χ2v) is 7.62. The molecule has 5 nitrogen and oxygen atoms in total. The van der Waals surface area contributed by atoms with E-state index in [0.29, 0.717) is 0 Å². The van der Waals surface area contributed by atoms with Gasteiger partial charge in [0.1, 0.15) is 0 Å². The molecule has 142 valence electrons. The van der Waals surface area contributed by atoms with Crippen molar-refractivity contribution >= 4 is 45.9 Å². The first-order chi connectivity index (χ1) is 11.5. The number of rotatable bonds is 6. The predicted molar refractivity (Wildman–Crippen MR) is 119 cm³/mol. The topological polar surface area (TPSA) is 48.9 Å². The summed E-state index contributed by atoms with van der Waals surface area (Å²) in [5.74, 6) is 0.853. The zero-order valence-electron chi connectivity index (χ0n) is 15.3. The van der Waals surface area contributed by atoms with Gasteiger partial charge in [-0.3, -0.25) is 9.89 Å². The second-order valence-electron chi connectivity index (χ2n) is 6.70. The van der Waals surface area contributed by atoms with Gasteiger partial charge in [-0.25, -0.2) is 0 Å². The van der Waals surface area contributed by atoms with Gasteiger partial charge >= 0.3 is 0 Å². The summed E-state index contributed by atoms with van der Waals surface area (Å²) in [5, 5.41) is 6.85. The summed E-state index contributed by atoms with van der Waals surface area (Å²) in [6.45, 7) is 10.9. The molecular weight excluding hydrogens is 495 g/mol. The monoisotopic (exact) mass is 524 g/mol. The Morgan fingerprint density at radius 3 is 2.64 bits per heavy atom. The Bertz CT molecular complexity index is 548. The molecule has 2 N–H and O–H groups in total. The van der Waals surface area contributed by atoms with Crippen molar-refractivity contribution in [2.45, 2.75) is 19.3 Å². The molecule has 0 unspecified atom stereocenters. The highest BCUT2D eigenvalue weighted by atomic mass is 127. The number of benzene rings is 1. The van der Waals surface area contributed by atoms with E-state index in [0.717, 1.165) is 56.4 Å². The number of hydrogen-bond donors (Lipinski definition) is 2. The Morgan fingerprint density at radius 1 is 1.28 bits per heavy atom. The molecule has 0 aliphatic carbocycles. The van der Waals surface area contributed by atoms with Crippen LogP contribution in [0.1, 0.15) is 19.4 Å². The first-order valence-electron chi connectivity index (χ1n) is 8.52. The Kier molecular flexibility index (Phi) is 10.3. The fraction of sp³-hybridized carbons (Fsp3) is 0.611. The number of nitrogens with one attached hydrogen (secondary N) is 2. The van der Waals surface area contributed by atoms with Crippen LogP contribution in [0.25, 0.3) is 0 Å². The van der Waals surface area contributed by atoms with Crippen molar-refractivity contribution in [3.8, 4) is 0 Å². The summed E-state index contributed by atoms with van der Waals surface area (Å²) >= 11 is 3.55. The number of halogens is 2. The molecule has 7 heteroatoms. The summed E-state index contributed by atoms with van der Waals surface area (Å²) in [4.78, 5) is 6.74. The molecular formula is C18H30BrIN4O. The fourth-order valence-corrected chi connectivity index (χ4v) is 3.09. The second kappa shape index (κ2) is 11.4. The lowest BCUT2D eigenvalue weighted by Crippen LogP contribution is -2.46. The van der Waals surface area contributed by atoms with Gasteiger partial charge in [-0.2, -0.15) is 0 Å². The van der Waals surface area contributed by atoms with E-state index in [1.807, 2.05) is 7.05 Å². The van der Waals surface area contributed by atoms with E-state index in [1.165, 1.54) is 5.56 Å². The van der Waals surface area contributed by atoms with E-state index in [4.69, 9.17) is 4.74 Å². The molecule has 1 fully saturated rings. The number of nitrogens with zero attached hydrogens (tertiary/aromatic N) is 2. The van der Waals surface area contributed by atoms with Gasteiger partial charge in [0.2, 0.25) is 0 Å². The average Bonchev–Trinajstić information content (AvgIpc) is 2.59. The van der Waals surface area contributed by atoms with Gasteiger partial charge in [0.05, 0.1) is 13.2 Å². The van der Waals surface area contributed by atoms with Crippen molar-refractivity contribution in [3.63, 3.8) is 0 Å². The molecule has 0 amide bonds. The molecule has 0 bridgehead atoms. The highest BCUT2D eigenvalue weighted by molar-refractivity contribution is 14.0. The number of ether oxygens (including phenoxy) is 1. The first kappa shape index (κ1) is 22.7. The van der Waals surface area contributed by atoms with Crippen LogP contribution < -0.4 is 10.6 Å². The van der Waals surface area contributed by atoms with Crippen LogP contribution >= 0.6 is 39.9 Å². The molecule has 0 spiro atoms. The molecule has 1 aliphatic heterocycles. The van der Waals surface area contributed by atoms with Crippen LogP contribution in [-0.2, 0) is 10.2 Å². The van der Waals surface area contributed by atoms with Crippen molar-refractivity contribution in [3.05, 3.63) is 34.3 Å². The summed E-state index contributed by atoms with van der Waals surface area (Å²) in [6, 6.07) is 8.48. The fourth-order valence-electron chi connectivity index (χ4n) is 2.69. The molecule has 1 saturated heterocycles. The summed E-state index contributed by atoms with van der Waals surface area (Å²) in [6.07, 6.45) is 0. The van der Waals surface area contributed by atoms with Crippen LogP contribution in [0, 0.1) is 0 Å². The predicted octanol–water partition coefficient (Wildman–Crippen LogP) is 2.84. The van der Waals surface area contributed by atoms with Gasteiger partial charge in [0, 0.05) is 49.7 Å². The van der Waals surface area contributed by atoms with E-state index < -0.39 is 0 Å². The molecule has 2 rings (SSSR count). The summed E-state index contributed by atoms with van der Waals surface area (Å²) in [7, 11) is 1.82. The standard InChI is InChI=1S/C18H29BrN4O.HI/c1-18(2,15-5-4-6-16(19)13-15)14-22-17(20-3)21-7-8-23-9-11-24-12-10-23;/h4-6,13H,7-12,14H2,1-3H3,(H2,20,21,22);1H. The number of aliphatic imine (C=N–C) groups is 1. The van der Waals surface area contributed by atoms with Gasteiger partial charge in [-0.1, -0.05) is 41.9 Å². The van der Waals surface area contributed by atoms with Crippen LogP contribution in [-0.4, -0.2) is 63.8 Å². The van der Waals surface area contributed by atoms with Crippen molar-refractivity contribution in [2.24, 2.45) is 4.99 Å². The minimum Gasteiger partial charge on any atom is -0.379 e. The smallest absolute Gasteiger partial charge is 0.191 e. The largest absolute Gasteiger partial charge is 0.379 e. The Balaban J connectivity index is 0.00000312. The zero-order valence-corrected chi connectivity index (χ0v) is 19.3. The minimum atomic E-state index is 0. The maximum absolute atomic E-state index is 5.37. The molecule has 1 aromatic rings. The molecule has 25 heavy (non-hydrogen) atoms. The average molecular weight is 525 g/mol. The van der Waals surface area contributed by atoms with Crippen molar-refractivity contribution in [2.75, 3.05) is 53.0 Å². The maximum atomic E-state index is 5.37. The van der Waals surface area contributed by atoms with E-state index in [2.05, 4.69) is 74.6 Å². The highest BCUT2D eigenvalue weighted by Gasteiger charge is 2.21. The third-order valence-corrected chi connectivity index (χ3v) is 4.84. The first-order valence-corrected chi connectivity index (χ1v) is 9.31. The van der Waals surface area contributed by atoms with Crippen LogP contribution in [0.3, 0.4) is 0 Å². The number of guanidine groups is 1. The normalized spacial score (nSPS) is 16.2.